The highest BCUT2D eigenvalue weighted by molar-refractivity contribution is 5.81. The van der Waals surface area contributed by atoms with Gasteiger partial charge in [0.2, 0.25) is 0 Å². The molecule has 1 aliphatic heterocycles. The molecule has 0 amide bonds. The molecule has 18 heavy (non-hydrogen) atoms. The lowest BCUT2D eigenvalue weighted by molar-refractivity contribution is 0.337. The van der Waals surface area contributed by atoms with Gasteiger partial charge in [-0.05, 0) is 37.0 Å². The molecule has 0 bridgehead atoms. The van der Waals surface area contributed by atoms with Crippen LogP contribution in [0.5, 0.6) is 5.75 Å². The lowest BCUT2D eigenvalue weighted by atomic mass is 10.0. The number of aryl methyl sites for hydroxylation is 1. The number of guanidine groups is 1. The van der Waals surface area contributed by atoms with Crippen molar-refractivity contribution in [3.05, 3.63) is 29.3 Å². The van der Waals surface area contributed by atoms with E-state index in [9.17, 15) is 0 Å². The molecule has 3 rings (SSSR count). The monoisotopic (exact) mass is 245 g/mol. The van der Waals surface area contributed by atoms with E-state index in [1.165, 1.54) is 18.4 Å². The zero-order valence-electron chi connectivity index (χ0n) is 10.9. The van der Waals surface area contributed by atoms with Gasteiger partial charge in [0, 0.05) is 6.04 Å². The molecule has 2 N–H and O–H groups in total. The zero-order valence-corrected chi connectivity index (χ0v) is 10.9. The number of methoxy groups -OCH3 is 1. The minimum Gasteiger partial charge on any atom is -0.496 e. The van der Waals surface area contributed by atoms with Gasteiger partial charge in [0.05, 0.1) is 19.7 Å². The van der Waals surface area contributed by atoms with E-state index < -0.39 is 0 Å². The average Bonchev–Trinajstić information content (AvgIpc) is 3.12. The minimum absolute atomic E-state index is 0.308. The summed E-state index contributed by atoms with van der Waals surface area (Å²) in [7, 11) is 1.70. The summed E-state index contributed by atoms with van der Waals surface area (Å²) in [4.78, 5) is 6.68. The van der Waals surface area contributed by atoms with E-state index in [0.29, 0.717) is 18.0 Å². The van der Waals surface area contributed by atoms with E-state index in [1.54, 1.807) is 7.11 Å². The summed E-state index contributed by atoms with van der Waals surface area (Å²) >= 11 is 0. The Morgan fingerprint density at radius 2 is 2.17 bits per heavy atom. The predicted octanol–water partition coefficient (Wildman–Crippen LogP) is 1.84. The number of rotatable bonds is 3. The predicted molar refractivity (Wildman–Crippen MR) is 71.8 cm³/mol. The third-order valence-electron chi connectivity index (χ3n) is 3.77. The Bertz CT molecular complexity index is 494. The van der Waals surface area contributed by atoms with Crippen molar-refractivity contribution in [1.82, 2.24) is 4.90 Å². The van der Waals surface area contributed by atoms with Crippen LogP contribution in [0.4, 0.5) is 0 Å². The third-order valence-corrected chi connectivity index (χ3v) is 3.77. The molecule has 0 aromatic heterocycles. The van der Waals surface area contributed by atoms with Crippen molar-refractivity contribution >= 4 is 5.96 Å². The highest BCUT2D eigenvalue weighted by Crippen LogP contribution is 2.37. The van der Waals surface area contributed by atoms with Gasteiger partial charge in [-0.15, -0.1) is 0 Å². The van der Waals surface area contributed by atoms with E-state index in [4.69, 9.17) is 10.5 Å². The number of nitrogens with zero attached hydrogens (tertiary/aromatic N) is 2. The second-order valence-electron chi connectivity index (χ2n) is 5.08. The van der Waals surface area contributed by atoms with Crippen molar-refractivity contribution in [2.24, 2.45) is 10.7 Å². The Labute approximate surface area is 107 Å². The summed E-state index contributed by atoms with van der Waals surface area (Å²) in [5.41, 5.74) is 8.44. The Balaban J connectivity index is 1.88. The molecule has 1 fully saturated rings. The highest BCUT2D eigenvalue weighted by atomic mass is 16.5. The van der Waals surface area contributed by atoms with E-state index in [2.05, 4.69) is 28.9 Å². The fourth-order valence-electron chi connectivity index (χ4n) is 2.68. The molecule has 0 spiro atoms. The van der Waals surface area contributed by atoms with Crippen LogP contribution >= 0.6 is 0 Å². The molecule has 1 aromatic carbocycles. The topological polar surface area (TPSA) is 50.9 Å². The van der Waals surface area contributed by atoms with Crippen LogP contribution in [0.25, 0.3) is 0 Å². The first-order valence-corrected chi connectivity index (χ1v) is 6.43. The Kier molecular flexibility index (Phi) is 2.65. The molecule has 0 saturated heterocycles. The number of ether oxygens (including phenoxy) is 1. The van der Waals surface area contributed by atoms with Gasteiger partial charge in [0.15, 0.2) is 5.96 Å². The van der Waals surface area contributed by atoms with Gasteiger partial charge >= 0.3 is 0 Å². The Hall–Kier alpha value is -1.71. The number of hydrogen-bond donors (Lipinski definition) is 1. The zero-order chi connectivity index (χ0) is 12.7. The van der Waals surface area contributed by atoms with Crippen LogP contribution < -0.4 is 10.5 Å². The maximum absolute atomic E-state index is 5.99. The van der Waals surface area contributed by atoms with Gasteiger partial charge in [-0.2, -0.15) is 0 Å². The molecule has 1 saturated carbocycles. The fraction of sp³-hybridized carbons (Fsp3) is 0.500. The molecule has 4 nitrogen and oxygen atoms in total. The van der Waals surface area contributed by atoms with Gasteiger partial charge in [-0.1, -0.05) is 12.1 Å². The fourth-order valence-corrected chi connectivity index (χ4v) is 2.68. The number of aliphatic imine (C=N–C) groups is 1. The first-order chi connectivity index (χ1) is 8.70. The number of hydrogen-bond acceptors (Lipinski definition) is 4. The lowest BCUT2D eigenvalue weighted by Crippen LogP contribution is -2.37. The van der Waals surface area contributed by atoms with E-state index >= 15 is 0 Å². The molecule has 1 heterocycles. The van der Waals surface area contributed by atoms with Crippen LogP contribution in [-0.4, -0.2) is 30.6 Å². The van der Waals surface area contributed by atoms with Crippen molar-refractivity contribution < 1.29 is 4.74 Å². The van der Waals surface area contributed by atoms with Gasteiger partial charge in [0.1, 0.15) is 5.75 Å². The minimum atomic E-state index is 0.308. The average molecular weight is 245 g/mol. The highest BCUT2D eigenvalue weighted by Gasteiger charge is 2.38. The summed E-state index contributed by atoms with van der Waals surface area (Å²) in [5.74, 6) is 1.64. The second kappa shape index (κ2) is 4.19. The molecular formula is C14H19N3O. The van der Waals surface area contributed by atoms with Gasteiger partial charge < -0.3 is 15.4 Å². The standard InChI is InChI=1S/C14H19N3O/c1-9-7-10(3-6-13(9)18-2)12-8-16-14(15)17(12)11-4-5-11/h3,6-7,11-12H,4-5,8H2,1-2H3,(H2,15,16). The number of nitrogens with two attached hydrogens (primary N) is 1. The lowest BCUT2D eigenvalue weighted by Gasteiger charge is -2.26. The summed E-state index contributed by atoms with van der Waals surface area (Å²) in [5, 5.41) is 0. The molecule has 96 valence electrons. The Morgan fingerprint density at radius 1 is 1.39 bits per heavy atom. The summed E-state index contributed by atoms with van der Waals surface area (Å²) in [6, 6.07) is 7.25. The van der Waals surface area contributed by atoms with Crippen LogP contribution in [0.3, 0.4) is 0 Å². The van der Waals surface area contributed by atoms with Gasteiger partial charge in [0.25, 0.3) is 0 Å². The maximum atomic E-state index is 5.99. The van der Waals surface area contributed by atoms with Crippen LogP contribution in [0, 0.1) is 6.92 Å². The van der Waals surface area contributed by atoms with Crippen LogP contribution in [-0.2, 0) is 0 Å². The van der Waals surface area contributed by atoms with Crippen molar-refractivity contribution in [2.75, 3.05) is 13.7 Å². The van der Waals surface area contributed by atoms with Crippen LogP contribution in [0.2, 0.25) is 0 Å². The molecule has 1 aromatic rings. The van der Waals surface area contributed by atoms with E-state index in [0.717, 1.165) is 17.9 Å². The van der Waals surface area contributed by atoms with Crippen molar-refractivity contribution in [1.29, 1.82) is 0 Å². The van der Waals surface area contributed by atoms with Crippen LogP contribution in [0.15, 0.2) is 23.2 Å². The molecular weight excluding hydrogens is 226 g/mol. The first-order valence-electron chi connectivity index (χ1n) is 6.43. The molecule has 4 heteroatoms. The maximum Gasteiger partial charge on any atom is 0.192 e. The summed E-state index contributed by atoms with van der Waals surface area (Å²) in [6.07, 6.45) is 2.48. The van der Waals surface area contributed by atoms with Crippen molar-refractivity contribution in [2.45, 2.75) is 31.8 Å². The second-order valence-corrected chi connectivity index (χ2v) is 5.08. The molecule has 2 aliphatic rings. The molecule has 1 unspecified atom stereocenters. The largest absolute Gasteiger partial charge is 0.496 e. The summed E-state index contributed by atoms with van der Waals surface area (Å²) < 4.78 is 5.30. The normalized spacial score (nSPS) is 23.1. The SMILES string of the molecule is COc1ccc(C2CN=C(N)N2C2CC2)cc1C. The quantitative estimate of drug-likeness (QED) is 0.884. The first kappa shape index (κ1) is 11.4. The third kappa shape index (κ3) is 1.82. The van der Waals surface area contributed by atoms with Crippen molar-refractivity contribution in [3.63, 3.8) is 0 Å². The van der Waals surface area contributed by atoms with Gasteiger partial charge in [-0.25, -0.2) is 0 Å². The molecule has 1 atom stereocenters. The van der Waals surface area contributed by atoms with E-state index in [1.807, 2.05) is 6.07 Å². The number of benzene rings is 1. The van der Waals surface area contributed by atoms with Crippen LogP contribution in [0.1, 0.15) is 30.0 Å². The van der Waals surface area contributed by atoms with Gasteiger partial charge in [-0.3, -0.25) is 4.99 Å². The molecule has 1 aliphatic carbocycles. The van der Waals surface area contributed by atoms with Crippen molar-refractivity contribution in [3.8, 4) is 5.75 Å². The Morgan fingerprint density at radius 3 is 2.78 bits per heavy atom. The molecule has 0 radical (unpaired) electrons. The van der Waals surface area contributed by atoms with E-state index in [-0.39, 0.29) is 0 Å². The summed E-state index contributed by atoms with van der Waals surface area (Å²) in [6.45, 7) is 2.84. The smallest absolute Gasteiger partial charge is 0.192 e.